The molecule has 2 amide bonds. The molecule has 2 aliphatic heterocycles. The van der Waals surface area contributed by atoms with E-state index in [4.69, 9.17) is 0 Å². The van der Waals surface area contributed by atoms with E-state index in [1.54, 1.807) is 4.90 Å². The number of hydrogen-bond donors (Lipinski definition) is 1. The smallest absolute Gasteiger partial charge is 0.229 e. The molecule has 146 valence electrons. The normalized spacial score (nSPS) is 19.3. The predicted molar refractivity (Wildman–Crippen MR) is 113 cm³/mol. The highest BCUT2D eigenvalue weighted by Gasteiger charge is 2.35. The first kappa shape index (κ1) is 18.5. The van der Waals surface area contributed by atoms with Crippen LogP contribution in [0.4, 0.5) is 17.1 Å². The molecular weight excluding hydrogens is 350 g/mol. The monoisotopic (exact) mass is 377 g/mol. The maximum atomic E-state index is 12.9. The summed E-state index contributed by atoms with van der Waals surface area (Å²) < 4.78 is 0. The van der Waals surface area contributed by atoms with Gasteiger partial charge in [0.25, 0.3) is 0 Å². The highest BCUT2D eigenvalue weighted by Crippen LogP contribution is 2.31. The number of hydrogen-bond acceptors (Lipinski definition) is 3. The van der Waals surface area contributed by atoms with Crippen molar-refractivity contribution in [2.24, 2.45) is 5.92 Å². The lowest BCUT2D eigenvalue weighted by Crippen LogP contribution is -2.29. The van der Waals surface area contributed by atoms with Crippen LogP contribution in [-0.2, 0) is 16.0 Å². The summed E-state index contributed by atoms with van der Waals surface area (Å²) in [7, 11) is 0. The first-order valence-corrected chi connectivity index (χ1v) is 10.2. The van der Waals surface area contributed by atoms with Crippen LogP contribution < -0.4 is 15.1 Å². The zero-order valence-corrected chi connectivity index (χ0v) is 16.4. The van der Waals surface area contributed by atoms with Gasteiger partial charge in [0.15, 0.2) is 0 Å². The molecule has 4 rings (SSSR count). The third-order valence-corrected chi connectivity index (χ3v) is 5.76. The van der Waals surface area contributed by atoms with Gasteiger partial charge >= 0.3 is 0 Å². The van der Waals surface area contributed by atoms with Gasteiger partial charge in [-0.25, -0.2) is 0 Å². The summed E-state index contributed by atoms with van der Waals surface area (Å²) in [6.45, 7) is 4.59. The Morgan fingerprint density at radius 3 is 2.50 bits per heavy atom. The number of rotatable bonds is 5. The minimum absolute atomic E-state index is 0.0113. The second kappa shape index (κ2) is 8.05. The van der Waals surface area contributed by atoms with Crippen molar-refractivity contribution in [3.63, 3.8) is 0 Å². The molecule has 0 saturated carbocycles. The Kier molecular flexibility index (Phi) is 5.33. The van der Waals surface area contributed by atoms with Gasteiger partial charge in [-0.3, -0.25) is 9.59 Å². The van der Waals surface area contributed by atoms with Crippen LogP contribution in [0, 0.1) is 5.92 Å². The van der Waals surface area contributed by atoms with Gasteiger partial charge in [0.2, 0.25) is 11.8 Å². The first-order chi connectivity index (χ1) is 13.7. The van der Waals surface area contributed by atoms with E-state index in [-0.39, 0.29) is 24.2 Å². The Morgan fingerprint density at radius 1 is 1.07 bits per heavy atom. The van der Waals surface area contributed by atoms with Crippen LogP contribution in [-0.4, -0.2) is 31.4 Å². The van der Waals surface area contributed by atoms with Gasteiger partial charge in [0, 0.05) is 31.7 Å². The Labute approximate surface area is 166 Å². The van der Waals surface area contributed by atoms with Crippen LogP contribution in [0.5, 0.6) is 0 Å². The van der Waals surface area contributed by atoms with Crippen molar-refractivity contribution >= 4 is 28.9 Å². The SMILES string of the molecule is CCc1ccc(N2CC(C(=O)Nc3ccccc3N3CCCC3)CC2=O)cc1. The number of nitrogens with one attached hydrogen (secondary N) is 1. The minimum atomic E-state index is -0.329. The summed E-state index contributed by atoms with van der Waals surface area (Å²) >= 11 is 0. The number of aryl methyl sites for hydroxylation is 1. The van der Waals surface area contributed by atoms with E-state index in [0.29, 0.717) is 6.54 Å². The fraction of sp³-hybridized carbons (Fsp3) is 0.391. The fourth-order valence-corrected chi connectivity index (χ4v) is 4.09. The van der Waals surface area contributed by atoms with E-state index in [1.165, 1.54) is 18.4 Å². The zero-order chi connectivity index (χ0) is 19.5. The summed E-state index contributed by atoms with van der Waals surface area (Å²) in [6.07, 6.45) is 3.60. The highest BCUT2D eigenvalue weighted by atomic mass is 16.2. The summed E-state index contributed by atoms with van der Waals surface area (Å²) in [5.41, 5.74) is 4.02. The number of anilines is 3. The van der Waals surface area contributed by atoms with E-state index < -0.39 is 0 Å². The third-order valence-electron chi connectivity index (χ3n) is 5.76. The van der Waals surface area contributed by atoms with Crippen molar-refractivity contribution in [3.05, 3.63) is 54.1 Å². The van der Waals surface area contributed by atoms with E-state index in [9.17, 15) is 9.59 Å². The predicted octanol–water partition coefficient (Wildman–Crippen LogP) is 3.84. The largest absolute Gasteiger partial charge is 0.370 e. The molecule has 2 fully saturated rings. The maximum Gasteiger partial charge on any atom is 0.229 e. The second-order valence-corrected chi connectivity index (χ2v) is 7.63. The molecule has 0 bridgehead atoms. The van der Waals surface area contributed by atoms with E-state index in [1.807, 2.05) is 42.5 Å². The van der Waals surface area contributed by atoms with Gasteiger partial charge in [-0.15, -0.1) is 0 Å². The lowest BCUT2D eigenvalue weighted by atomic mass is 10.1. The molecule has 1 atom stereocenters. The van der Waals surface area contributed by atoms with Crippen molar-refractivity contribution in [2.75, 3.05) is 34.8 Å². The molecular formula is C23H27N3O2. The molecule has 0 radical (unpaired) electrons. The van der Waals surface area contributed by atoms with Gasteiger partial charge in [-0.05, 0) is 49.1 Å². The van der Waals surface area contributed by atoms with Crippen molar-refractivity contribution in [1.29, 1.82) is 0 Å². The average molecular weight is 377 g/mol. The number of para-hydroxylation sites is 2. The van der Waals surface area contributed by atoms with Crippen LogP contribution in [0.3, 0.4) is 0 Å². The quantitative estimate of drug-likeness (QED) is 0.861. The topological polar surface area (TPSA) is 52.7 Å². The van der Waals surface area contributed by atoms with Crippen LogP contribution in [0.1, 0.15) is 31.7 Å². The van der Waals surface area contributed by atoms with Crippen molar-refractivity contribution in [3.8, 4) is 0 Å². The van der Waals surface area contributed by atoms with E-state index in [2.05, 4.69) is 23.2 Å². The first-order valence-electron chi connectivity index (χ1n) is 10.2. The van der Waals surface area contributed by atoms with Gasteiger partial charge in [-0.1, -0.05) is 31.2 Å². The molecule has 2 aromatic rings. The molecule has 5 nitrogen and oxygen atoms in total. The number of nitrogens with zero attached hydrogens (tertiary/aromatic N) is 2. The molecule has 0 spiro atoms. The van der Waals surface area contributed by atoms with Crippen molar-refractivity contribution < 1.29 is 9.59 Å². The third kappa shape index (κ3) is 3.75. The Hall–Kier alpha value is -2.82. The van der Waals surface area contributed by atoms with E-state index in [0.717, 1.165) is 36.6 Å². The lowest BCUT2D eigenvalue weighted by molar-refractivity contribution is -0.122. The zero-order valence-electron chi connectivity index (χ0n) is 16.4. The molecule has 5 heteroatoms. The molecule has 2 aliphatic rings. The number of amides is 2. The summed E-state index contributed by atoms with van der Waals surface area (Å²) in [6, 6.07) is 16.0. The molecule has 1 unspecified atom stereocenters. The van der Waals surface area contributed by atoms with Gasteiger partial charge in [0.1, 0.15) is 0 Å². The fourth-order valence-electron chi connectivity index (χ4n) is 4.09. The minimum Gasteiger partial charge on any atom is -0.370 e. The maximum absolute atomic E-state index is 12.9. The molecule has 1 N–H and O–H groups in total. The number of benzene rings is 2. The number of carbonyl (C=O) groups excluding carboxylic acids is 2. The summed E-state index contributed by atoms with van der Waals surface area (Å²) in [4.78, 5) is 29.5. The van der Waals surface area contributed by atoms with Crippen LogP contribution in [0.25, 0.3) is 0 Å². The molecule has 2 saturated heterocycles. The molecule has 2 heterocycles. The standard InChI is InChI=1S/C23H27N3O2/c1-2-17-9-11-19(12-10-17)26-16-18(15-22(26)27)23(28)24-20-7-3-4-8-21(20)25-13-5-6-14-25/h3-4,7-12,18H,2,5-6,13-16H2,1H3,(H,24,28). The summed E-state index contributed by atoms with van der Waals surface area (Å²) in [5, 5.41) is 3.08. The Morgan fingerprint density at radius 2 is 1.79 bits per heavy atom. The lowest BCUT2D eigenvalue weighted by Gasteiger charge is -2.22. The summed E-state index contributed by atoms with van der Waals surface area (Å²) in [5.74, 6) is -0.394. The highest BCUT2D eigenvalue weighted by molar-refractivity contribution is 6.04. The van der Waals surface area contributed by atoms with Crippen molar-refractivity contribution in [1.82, 2.24) is 0 Å². The van der Waals surface area contributed by atoms with Crippen LogP contribution in [0.2, 0.25) is 0 Å². The molecule has 28 heavy (non-hydrogen) atoms. The second-order valence-electron chi connectivity index (χ2n) is 7.63. The molecule has 0 aromatic heterocycles. The average Bonchev–Trinajstić information content (AvgIpc) is 3.38. The van der Waals surface area contributed by atoms with Gasteiger partial charge in [0.05, 0.1) is 17.3 Å². The van der Waals surface area contributed by atoms with Crippen molar-refractivity contribution in [2.45, 2.75) is 32.6 Å². The number of carbonyl (C=O) groups is 2. The molecule has 0 aliphatic carbocycles. The van der Waals surface area contributed by atoms with Crippen LogP contribution >= 0.6 is 0 Å². The Bertz CT molecular complexity index is 856. The van der Waals surface area contributed by atoms with Gasteiger partial charge < -0.3 is 15.1 Å². The van der Waals surface area contributed by atoms with Gasteiger partial charge in [-0.2, -0.15) is 0 Å². The van der Waals surface area contributed by atoms with E-state index >= 15 is 0 Å². The van der Waals surface area contributed by atoms with Crippen LogP contribution in [0.15, 0.2) is 48.5 Å². The molecule has 2 aromatic carbocycles. The Balaban J connectivity index is 1.45.